The summed E-state index contributed by atoms with van der Waals surface area (Å²) in [6.07, 6.45) is 0. The zero-order valence-electron chi connectivity index (χ0n) is 13.5. The van der Waals surface area contributed by atoms with Gasteiger partial charge in [0.1, 0.15) is 12.4 Å². The van der Waals surface area contributed by atoms with Gasteiger partial charge in [-0.15, -0.1) is 0 Å². The number of ether oxygens (including phenoxy) is 1. The van der Waals surface area contributed by atoms with Gasteiger partial charge >= 0.3 is 0 Å². The van der Waals surface area contributed by atoms with Crippen molar-refractivity contribution in [1.29, 1.82) is 0 Å². The van der Waals surface area contributed by atoms with E-state index in [1.54, 1.807) is 24.3 Å². The summed E-state index contributed by atoms with van der Waals surface area (Å²) < 4.78 is 5.70. The summed E-state index contributed by atoms with van der Waals surface area (Å²) in [5, 5.41) is 12.0. The van der Waals surface area contributed by atoms with Crippen molar-refractivity contribution in [2.45, 2.75) is 26.5 Å². The molecule has 0 aliphatic rings. The van der Waals surface area contributed by atoms with Crippen LogP contribution >= 0.6 is 0 Å². The van der Waals surface area contributed by atoms with Crippen LogP contribution in [0.3, 0.4) is 0 Å². The van der Waals surface area contributed by atoms with E-state index >= 15 is 0 Å². The maximum Gasteiger partial charge on any atom is 0.251 e. The molecule has 122 valence electrons. The lowest BCUT2D eigenvalue weighted by Gasteiger charge is -2.19. The molecule has 2 rings (SSSR count). The van der Waals surface area contributed by atoms with Crippen LogP contribution in [-0.4, -0.2) is 23.7 Å². The molecule has 2 N–H and O–H groups in total. The molecular formula is C19H23NO3. The molecule has 0 saturated heterocycles. The first-order chi connectivity index (χ1) is 11.1. The molecule has 2 aromatic carbocycles. The molecule has 23 heavy (non-hydrogen) atoms. The number of hydrogen-bond acceptors (Lipinski definition) is 3. The zero-order valence-corrected chi connectivity index (χ0v) is 13.5. The number of benzene rings is 2. The number of carbonyl (C=O) groups excluding carboxylic acids is 1. The molecule has 0 aromatic heterocycles. The summed E-state index contributed by atoms with van der Waals surface area (Å²) in [5.41, 5.74) is 1.68. The molecule has 0 radical (unpaired) electrons. The predicted molar refractivity (Wildman–Crippen MR) is 90.4 cm³/mol. The Bertz CT molecular complexity index is 610. The molecule has 0 spiro atoms. The van der Waals surface area contributed by atoms with E-state index in [2.05, 4.69) is 5.32 Å². The van der Waals surface area contributed by atoms with Gasteiger partial charge < -0.3 is 15.2 Å². The smallest absolute Gasteiger partial charge is 0.251 e. The minimum Gasteiger partial charge on any atom is -0.489 e. The van der Waals surface area contributed by atoms with Crippen molar-refractivity contribution < 1.29 is 14.6 Å². The molecule has 0 aliphatic carbocycles. The second-order valence-corrected chi connectivity index (χ2v) is 5.72. The largest absolute Gasteiger partial charge is 0.489 e. The fourth-order valence-corrected chi connectivity index (χ4v) is 2.03. The molecule has 0 aliphatic heterocycles. The molecule has 0 saturated carbocycles. The first kappa shape index (κ1) is 17.0. The van der Waals surface area contributed by atoms with Crippen molar-refractivity contribution in [3.05, 3.63) is 65.7 Å². The number of nitrogens with one attached hydrogen (secondary N) is 1. The van der Waals surface area contributed by atoms with Crippen LogP contribution in [0.25, 0.3) is 0 Å². The second-order valence-electron chi connectivity index (χ2n) is 5.72. The highest BCUT2D eigenvalue weighted by Crippen LogP contribution is 2.14. The fourth-order valence-electron chi connectivity index (χ4n) is 2.03. The Labute approximate surface area is 137 Å². The monoisotopic (exact) mass is 313 g/mol. The highest BCUT2D eigenvalue weighted by Gasteiger charge is 2.15. The summed E-state index contributed by atoms with van der Waals surface area (Å²) in [7, 11) is 0. The van der Waals surface area contributed by atoms with E-state index in [1.165, 1.54) is 0 Å². The number of aliphatic hydroxyl groups excluding tert-OH is 1. The van der Waals surface area contributed by atoms with Crippen molar-refractivity contribution in [2.75, 3.05) is 6.61 Å². The molecule has 0 bridgehead atoms. The Hall–Kier alpha value is -2.33. The van der Waals surface area contributed by atoms with Crippen LogP contribution in [0.4, 0.5) is 0 Å². The average Bonchev–Trinajstić information content (AvgIpc) is 2.60. The van der Waals surface area contributed by atoms with Gasteiger partial charge in [0.05, 0.1) is 0 Å². The van der Waals surface area contributed by atoms with Crippen LogP contribution < -0.4 is 10.1 Å². The first-order valence-corrected chi connectivity index (χ1v) is 7.78. The Morgan fingerprint density at radius 1 is 1.09 bits per heavy atom. The normalized spacial score (nSPS) is 13.2. The van der Waals surface area contributed by atoms with E-state index in [0.717, 1.165) is 11.3 Å². The molecule has 2 unspecified atom stereocenters. The van der Waals surface area contributed by atoms with E-state index in [9.17, 15) is 4.79 Å². The predicted octanol–water partition coefficient (Wildman–Crippen LogP) is 3.01. The molecule has 4 heteroatoms. The van der Waals surface area contributed by atoms with Gasteiger partial charge in [0.25, 0.3) is 5.91 Å². The van der Waals surface area contributed by atoms with E-state index < -0.39 is 0 Å². The summed E-state index contributed by atoms with van der Waals surface area (Å²) in [6, 6.07) is 16.9. The Morgan fingerprint density at radius 2 is 1.74 bits per heavy atom. The number of carbonyl (C=O) groups is 1. The Balaban J connectivity index is 1.90. The van der Waals surface area contributed by atoms with Crippen LogP contribution in [-0.2, 0) is 6.61 Å². The Morgan fingerprint density at radius 3 is 2.35 bits per heavy atom. The van der Waals surface area contributed by atoms with Crippen molar-refractivity contribution in [1.82, 2.24) is 5.32 Å². The molecule has 4 nitrogen and oxygen atoms in total. The maximum absolute atomic E-state index is 12.1. The molecule has 0 heterocycles. The van der Waals surface area contributed by atoms with Crippen LogP contribution in [0.1, 0.15) is 29.8 Å². The van der Waals surface area contributed by atoms with Gasteiger partial charge in [-0.05, 0) is 42.7 Å². The van der Waals surface area contributed by atoms with Gasteiger partial charge in [-0.2, -0.15) is 0 Å². The number of hydrogen-bond donors (Lipinski definition) is 2. The van der Waals surface area contributed by atoms with E-state index in [4.69, 9.17) is 9.84 Å². The first-order valence-electron chi connectivity index (χ1n) is 7.78. The van der Waals surface area contributed by atoms with Crippen molar-refractivity contribution in [2.24, 2.45) is 5.92 Å². The quantitative estimate of drug-likeness (QED) is 0.826. The third-order valence-corrected chi connectivity index (χ3v) is 3.87. The maximum atomic E-state index is 12.1. The van der Waals surface area contributed by atoms with Crippen molar-refractivity contribution in [3.8, 4) is 5.75 Å². The van der Waals surface area contributed by atoms with E-state index in [-0.39, 0.29) is 24.5 Å². The number of amides is 1. The molecular weight excluding hydrogens is 290 g/mol. The highest BCUT2D eigenvalue weighted by atomic mass is 16.5. The van der Waals surface area contributed by atoms with Gasteiger partial charge in [-0.25, -0.2) is 0 Å². The van der Waals surface area contributed by atoms with Crippen molar-refractivity contribution >= 4 is 5.91 Å². The molecule has 2 aromatic rings. The van der Waals surface area contributed by atoms with Crippen LogP contribution in [0.5, 0.6) is 5.75 Å². The molecule has 0 fully saturated rings. The summed E-state index contributed by atoms with van der Waals surface area (Å²) >= 11 is 0. The van der Waals surface area contributed by atoms with Crippen LogP contribution in [0.2, 0.25) is 0 Å². The minimum absolute atomic E-state index is 0.0208. The lowest BCUT2D eigenvalue weighted by molar-refractivity contribution is 0.0916. The van der Waals surface area contributed by atoms with E-state index in [0.29, 0.717) is 12.2 Å². The topological polar surface area (TPSA) is 58.6 Å². The van der Waals surface area contributed by atoms with Crippen LogP contribution in [0.15, 0.2) is 54.6 Å². The third kappa shape index (κ3) is 5.11. The Kier molecular flexibility index (Phi) is 6.18. The summed E-state index contributed by atoms with van der Waals surface area (Å²) in [5.74, 6) is 0.599. The summed E-state index contributed by atoms with van der Waals surface area (Å²) in [4.78, 5) is 12.1. The van der Waals surface area contributed by atoms with Crippen molar-refractivity contribution in [3.63, 3.8) is 0 Å². The van der Waals surface area contributed by atoms with Gasteiger partial charge in [0, 0.05) is 18.2 Å². The standard InChI is InChI=1S/C19H23NO3/c1-14(12-21)15(2)20-19(22)17-8-10-18(11-9-17)23-13-16-6-4-3-5-7-16/h3-11,14-15,21H,12-13H2,1-2H3,(H,20,22). The van der Waals surface area contributed by atoms with Gasteiger partial charge in [-0.1, -0.05) is 37.3 Å². The number of rotatable bonds is 7. The summed E-state index contributed by atoms with van der Waals surface area (Å²) in [6.45, 7) is 4.33. The second kappa shape index (κ2) is 8.34. The minimum atomic E-state index is -0.146. The fraction of sp³-hybridized carbons (Fsp3) is 0.316. The van der Waals surface area contributed by atoms with E-state index in [1.807, 2.05) is 44.2 Å². The molecule has 1 amide bonds. The highest BCUT2D eigenvalue weighted by molar-refractivity contribution is 5.94. The van der Waals surface area contributed by atoms with Gasteiger partial charge in [0.15, 0.2) is 0 Å². The van der Waals surface area contributed by atoms with Crippen LogP contribution in [0, 0.1) is 5.92 Å². The van der Waals surface area contributed by atoms with Gasteiger partial charge in [0.2, 0.25) is 0 Å². The zero-order chi connectivity index (χ0) is 16.7. The molecule has 2 atom stereocenters. The lowest BCUT2D eigenvalue weighted by atomic mass is 10.0. The average molecular weight is 313 g/mol. The lowest BCUT2D eigenvalue weighted by Crippen LogP contribution is -2.38. The number of aliphatic hydroxyl groups is 1. The third-order valence-electron chi connectivity index (χ3n) is 3.87. The van der Waals surface area contributed by atoms with Gasteiger partial charge in [-0.3, -0.25) is 4.79 Å². The SMILES string of the molecule is CC(CO)C(C)NC(=O)c1ccc(OCc2ccccc2)cc1.